The Labute approximate surface area is 125 Å². The molecule has 1 aliphatic heterocycles. The molecule has 0 saturated carbocycles. The van der Waals surface area contributed by atoms with Crippen molar-refractivity contribution in [1.29, 1.82) is 0 Å². The van der Waals surface area contributed by atoms with Crippen molar-refractivity contribution in [2.75, 3.05) is 19.7 Å². The Morgan fingerprint density at radius 1 is 1.43 bits per heavy atom. The van der Waals surface area contributed by atoms with E-state index in [9.17, 15) is 4.79 Å². The van der Waals surface area contributed by atoms with E-state index in [0.717, 1.165) is 5.69 Å². The summed E-state index contributed by atoms with van der Waals surface area (Å²) in [6, 6.07) is 5.78. The van der Waals surface area contributed by atoms with Gasteiger partial charge >= 0.3 is 6.09 Å². The highest BCUT2D eigenvalue weighted by Crippen LogP contribution is 2.32. The molecule has 1 amide bonds. The molecule has 0 bridgehead atoms. The fraction of sp³-hybridized carbons (Fsp3) is 0.600. The van der Waals surface area contributed by atoms with Crippen LogP contribution in [0.3, 0.4) is 0 Å². The standard InChI is InChI=1S/C15H23N3O3/c1-15(2,3)21-14(19)18-8-11(10-20-16)12(9-18)13-6-4-5-7-17-13/h4-7,11-12H,8-10,16H2,1-3H3. The first-order valence-corrected chi connectivity index (χ1v) is 7.11. The molecule has 0 radical (unpaired) electrons. The van der Waals surface area contributed by atoms with Gasteiger partial charge in [0.2, 0.25) is 0 Å². The average Bonchev–Trinajstić information content (AvgIpc) is 2.82. The number of hydrogen-bond donors (Lipinski definition) is 1. The molecular formula is C15H23N3O3. The van der Waals surface area contributed by atoms with Gasteiger partial charge in [-0.05, 0) is 32.9 Å². The predicted octanol–water partition coefficient (Wildman–Crippen LogP) is 1.92. The number of nitrogens with zero attached hydrogens (tertiary/aromatic N) is 2. The lowest BCUT2D eigenvalue weighted by molar-refractivity contribution is 0.0274. The molecule has 1 aromatic rings. The number of hydrogen-bond acceptors (Lipinski definition) is 5. The Morgan fingerprint density at radius 2 is 2.19 bits per heavy atom. The van der Waals surface area contributed by atoms with Crippen molar-refractivity contribution in [3.8, 4) is 0 Å². The highest BCUT2D eigenvalue weighted by molar-refractivity contribution is 5.68. The zero-order valence-corrected chi connectivity index (χ0v) is 12.8. The van der Waals surface area contributed by atoms with Crippen LogP contribution in [0.5, 0.6) is 0 Å². The zero-order chi connectivity index (χ0) is 15.5. The first-order chi connectivity index (χ1) is 9.90. The molecule has 1 fully saturated rings. The maximum atomic E-state index is 12.2. The molecule has 6 nitrogen and oxygen atoms in total. The van der Waals surface area contributed by atoms with Crippen LogP contribution < -0.4 is 5.90 Å². The Kier molecular flexibility index (Phi) is 4.80. The molecule has 1 aliphatic rings. The van der Waals surface area contributed by atoms with E-state index in [0.29, 0.717) is 19.7 Å². The monoisotopic (exact) mass is 293 g/mol. The average molecular weight is 293 g/mol. The van der Waals surface area contributed by atoms with Crippen molar-refractivity contribution in [2.45, 2.75) is 32.3 Å². The molecule has 2 N–H and O–H groups in total. The number of likely N-dealkylation sites (tertiary alicyclic amines) is 1. The topological polar surface area (TPSA) is 77.7 Å². The number of carbonyl (C=O) groups is 1. The van der Waals surface area contributed by atoms with E-state index in [2.05, 4.69) is 4.98 Å². The quantitative estimate of drug-likeness (QED) is 0.861. The summed E-state index contributed by atoms with van der Waals surface area (Å²) in [5.41, 5.74) is 0.450. The summed E-state index contributed by atoms with van der Waals surface area (Å²) in [4.78, 5) is 23.1. The number of pyridine rings is 1. The van der Waals surface area contributed by atoms with Crippen LogP contribution in [0.15, 0.2) is 24.4 Å². The minimum atomic E-state index is -0.500. The molecule has 2 atom stereocenters. The number of rotatable bonds is 3. The van der Waals surface area contributed by atoms with Crippen molar-refractivity contribution >= 4 is 6.09 Å². The van der Waals surface area contributed by atoms with Gasteiger partial charge in [-0.15, -0.1) is 0 Å². The van der Waals surface area contributed by atoms with Gasteiger partial charge in [-0.2, -0.15) is 0 Å². The molecule has 1 saturated heterocycles. The van der Waals surface area contributed by atoms with Crippen LogP contribution in [0.2, 0.25) is 0 Å². The molecule has 1 aromatic heterocycles. The first kappa shape index (κ1) is 15.7. The number of amides is 1. The van der Waals surface area contributed by atoms with Crippen molar-refractivity contribution in [2.24, 2.45) is 11.8 Å². The van der Waals surface area contributed by atoms with Gasteiger partial charge < -0.3 is 14.5 Å². The SMILES string of the molecule is CC(C)(C)OC(=O)N1CC(CON)C(c2ccccn2)C1. The fourth-order valence-electron chi connectivity index (χ4n) is 2.57. The Hall–Kier alpha value is -1.66. The molecule has 2 unspecified atom stereocenters. The molecular weight excluding hydrogens is 270 g/mol. The molecule has 2 rings (SSSR count). The minimum absolute atomic E-state index is 0.113. The van der Waals surface area contributed by atoms with Crippen molar-refractivity contribution in [3.05, 3.63) is 30.1 Å². The highest BCUT2D eigenvalue weighted by atomic mass is 16.6. The summed E-state index contributed by atoms with van der Waals surface area (Å²) in [5.74, 6) is 5.45. The van der Waals surface area contributed by atoms with Gasteiger partial charge in [-0.3, -0.25) is 4.98 Å². The Bertz CT molecular complexity index is 473. The largest absolute Gasteiger partial charge is 0.444 e. The Balaban J connectivity index is 2.10. The summed E-state index contributed by atoms with van der Waals surface area (Å²) in [7, 11) is 0. The fourth-order valence-corrected chi connectivity index (χ4v) is 2.57. The van der Waals surface area contributed by atoms with E-state index in [-0.39, 0.29) is 17.9 Å². The van der Waals surface area contributed by atoms with E-state index < -0.39 is 5.60 Å². The van der Waals surface area contributed by atoms with E-state index in [1.54, 1.807) is 11.1 Å². The van der Waals surface area contributed by atoms with Gasteiger partial charge in [0.25, 0.3) is 0 Å². The van der Waals surface area contributed by atoms with Gasteiger partial charge in [0.15, 0.2) is 0 Å². The lowest BCUT2D eigenvalue weighted by atomic mass is 9.93. The van der Waals surface area contributed by atoms with Crippen LogP contribution in [0, 0.1) is 5.92 Å². The molecule has 6 heteroatoms. The second-order valence-electron chi connectivity index (χ2n) is 6.34. The van der Waals surface area contributed by atoms with Gasteiger partial charge in [-0.1, -0.05) is 6.07 Å². The number of nitrogens with two attached hydrogens (primary N) is 1. The van der Waals surface area contributed by atoms with Crippen molar-refractivity contribution in [3.63, 3.8) is 0 Å². The summed E-state index contributed by atoms with van der Waals surface area (Å²) < 4.78 is 5.43. The molecule has 21 heavy (non-hydrogen) atoms. The lowest BCUT2D eigenvalue weighted by Crippen LogP contribution is -2.35. The smallest absolute Gasteiger partial charge is 0.410 e. The summed E-state index contributed by atoms with van der Waals surface area (Å²) in [6.45, 7) is 7.10. The second-order valence-corrected chi connectivity index (χ2v) is 6.34. The van der Waals surface area contributed by atoms with Crippen LogP contribution in [0.25, 0.3) is 0 Å². The van der Waals surface area contributed by atoms with Crippen LogP contribution >= 0.6 is 0 Å². The predicted molar refractivity (Wildman–Crippen MR) is 78.4 cm³/mol. The summed E-state index contributed by atoms with van der Waals surface area (Å²) in [6.07, 6.45) is 1.45. The summed E-state index contributed by atoms with van der Waals surface area (Å²) in [5, 5.41) is 0. The maximum Gasteiger partial charge on any atom is 0.410 e. The van der Waals surface area contributed by atoms with Gasteiger partial charge in [0.1, 0.15) is 5.60 Å². The number of aromatic nitrogens is 1. The van der Waals surface area contributed by atoms with Crippen LogP contribution in [0.4, 0.5) is 4.79 Å². The number of ether oxygens (including phenoxy) is 1. The third kappa shape index (κ3) is 4.15. The van der Waals surface area contributed by atoms with Crippen molar-refractivity contribution < 1.29 is 14.4 Å². The Morgan fingerprint density at radius 3 is 2.76 bits per heavy atom. The lowest BCUT2D eigenvalue weighted by Gasteiger charge is -2.24. The zero-order valence-electron chi connectivity index (χ0n) is 12.8. The third-order valence-corrected chi connectivity index (χ3v) is 3.47. The van der Waals surface area contributed by atoms with Crippen LogP contribution in [-0.4, -0.2) is 41.3 Å². The van der Waals surface area contributed by atoms with Gasteiger partial charge in [-0.25, -0.2) is 10.7 Å². The van der Waals surface area contributed by atoms with E-state index >= 15 is 0 Å². The first-order valence-electron chi connectivity index (χ1n) is 7.11. The minimum Gasteiger partial charge on any atom is -0.444 e. The molecule has 0 aliphatic carbocycles. The second kappa shape index (κ2) is 6.41. The van der Waals surface area contributed by atoms with E-state index in [1.807, 2.05) is 39.0 Å². The maximum absolute atomic E-state index is 12.2. The van der Waals surface area contributed by atoms with E-state index in [1.165, 1.54) is 0 Å². The summed E-state index contributed by atoms with van der Waals surface area (Å²) >= 11 is 0. The molecule has 2 heterocycles. The normalized spacial score (nSPS) is 22.4. The number of carbonyl (C=O) groups excluding carboxylic acids is 1. The molecule has 0 spiro atoms. The van der Waals surface area contributed by atoms with Crippen molar-refractivity contribution in [1.82, 2.24) is 9.88 Å². The molecule has 0 aromatic carbocycles. The van der Waals surface area contributed by atoms with Crippen LogP contribution in [-0.2, 0) is 9.57 Å². The van der Waals surface area contributed by atoms with Gasteiger partial charge in [0, 0.05) is 36.8 Å². The van der Waals surface area contributed by atoms with Crippen LogP contribution in [0.1, 0.15) is 32.4 Å². The van der Waals surface area contributed by atoms with E-state index in [4.69, 9.17) is 15.5 Å². The third-order valence-electron chi connectivity index (χ3n) is 3.47. The molecule has 116 valence electrons. The van der Waals surface area contributed by atoms with Gasteiger partial charge in [0.05, 0.1) is 6.61 Å². The highest BCUT2D eigenvalue weighted by Gasteiger charge is 2.38.